The summed E-state index contributed by atoms with van der Waals surface area (Å²) >= 11 is 0. The van der Waals surface area contributed by atoms with Crippen LogP contribution >= 0.6 is 0 Å². The number of benzene rings is 1. The second kappa shape index (κ2) is 8.70. The van der Waals surface area contributed by atoms with E-state index in [1.807, 2.05) is 0 Å². The van der Waals surface area contributed by atoms with Crippen LogP contribution in [0.25, 0.3) is 0 Å². The number of hydrogen-bond acceptors (Lipinski definition) is 4. The number of alkyl halides is 6. The molecule has 0 aliphatic heterocycles. The summed E-state index contributed by atoms with van der Waals surface area (Å²) in [6.07, 6.45) is -10.9. The molecule has 0 spiro atoms. The summed E-state index contributed by atoms with van der Waals surface area (Å²) < 4.78 is 85.7. The summed E-state index contributed by atoms with van der Waals surface area (Å²) in [5, 5.41) is 3.04. The predicted octanol–water partition coefficient (Wildman–Crippen LogP) is 4.10. The average molecular weight is 414 g/mol. The minimum atomic E-state index is -5.51. The van der Waals surface area contributed by atoms with Crippen LogP contribution in [0.3, 0.4) is 0 Å². The molecule has 0 saturated heterocycles. The van der Waals surface area contributed by atoms with Gasteiger partial charge in [-0.15, -0.1) is 0 Å². The van der Waals surface area contributed by atoms with Gasteiger partial charge >= 0.3 is 24.0 Å². The Morgan fingerprint density at radius 2 is 1.64 bits per heavy atom. The van der Waals surface area contributed by atoms with Crippen LogP contribution in [0, 0.1) is 5.92 Å². The van der Waals surface area contributed by atoms with E-state index in [1.54, 1.807) is 19.2 Å². The fourth-order valence-corrected chi connectivity index (χ4v) is 2.30. The van der Waals surface area contributed by atoms with E-state index in [0.717, 1.165) is 18.2 Å². The molecule has 1 atom stereocenters. The van der Waals surface area contributed by atoms with Crippen LogP contribution in [-0.4, -0.2) is 30.3 Å². The molecule has 28 heavy (non-hydrogen) atoms. The van der Waals surface area contributed by atoms with Crippen molar-refractivity contribution in [2.75, 3.05) is 11.9 Å². The molecule has 0 aliphatic rings. The van der Waals surface area contributed by atoms with Crippen molar-refractivity contribution < 1.29 is 40.7 Å². The van der Waals surface area contributed by atoms with Crippen molar-refractivity contribution in [2.45, 2.75) is 45.2 Å². The zero-order valence-electron chi connectivity index (χ0n) is 15.3. The first-order valence-corrected chi connectivity index (χ1v) is 8.24. The summed E-state index contributed by atoms with van der Waals surface area (Å²) in [6, 6.07) is 3.30. The average Bonchev–Trinajstić information content (AvgIpc) is 2.52. The van der Waals surface area contributed by atoms with Gasteiger partial charge in [0, 0.05) is 12.1 Å². The highest BCUT2D eigenvalue weighted by molar-refractivity contribution is 5.91. The highest BCUT2D eigenvalue weighted by Crippen LogP contribution is 2.39. The Morgan fingerprint density at radius 1 is 1.07 bits per heavy atom. The lowest BCUT2D eigenvalue weighted by molar-refractivity contribution is -0.208. The van der Waals surface area contributed by atoms with E-state index in [-0.39, 0.29) is 12.3 Å². The summed E-state index contributed by atoms with van der Waals surface area (Å²) in [5.41, 5.74) is -6.37. The first-order valence-electron chi connectivity index (χ1n) is 8.24. The maximum atomic E-state index is 13.9. The number of nitrogens with one attached hydrogen (secondary N) is 2. The minimum Gasteiger partial charge on any atom is -0.463 e. The van der Waals surface area contributed by atoms with Crippen molar-refractivity contribution in [3.8, 4) is 0 Å². The molecule has 2 N–H and O–H groups in total. The number of carbonyl (C=O) groups is 2. The van der Waals surface area contributed by atoms with E-state index in [9.17, 15) is 35.9 Å². The highest BCUT2D eigenvalue weighted by Gasteiger charge is 2.64. The SMILES string of the molecule is CCOC(=O)[C@@](NC(=O)CC(C)C)(Nc1ccccc1C(F)(F)F)C(F)(F)F. The molecule has 0 aromatic heterocycles. The number of hydrogen-bond donors (Lipinski definition) is 2. The maximum Gasteiger partial charge on any atom is 0.441 e. The third-order valence-corrected chi connectivity index (χ3v) is 3.48. The van der Waals surface area contributed by atoms with Crippen LogP contribution in [0.15, 0.2) is 24.3 Å². The van der Waals surface area contributed by atoms with E-state index < -0.39 is 47.7 Å². The Bertz CT molecular complexity index is 703. The van der Waals surface area contributed by atoms with Crippen LogP contribution < -0.4 is 10.6 Å². The van der Waals surface area contributed by atoms with E-state index >= 15 is 0 Å². The van der Waals surface area contributed by atoms with Gasteiger partial charge in [-0.3, -0.25) is 4.79 Å². The van der Waals surface area contributed by atoms with Gasteiger partial charge in [0.15, 0.2) is 0 Å². The van der Waals surface area contributed by atoms with Crippen LogP contribution in [0.1, 0.15) is 32.8 Å². The van der Waals surface area contributed by atoms with Crippen LogP contribution in [0.5, 0.6) is 0 Å². The number of carbonyl (C=O) groups excluding carboxylic acids is 2. The standard InChI is InChI=1S/C17H20F6N2O3/c1-4-28-14(27)15(17(21,22)23,25-13(26)9-10(2)3)24-12-8-6-5-7-11(12)16(18,19)20/h5-8,10,24H,4,9H2,1-3H3,(H,25,26)/t15-/m0/s1. The molecule has 11 heteroatoms. The van der Waals surface area contributed by atoms with Crippen molar-refractivity contribution >= 4 is 17.6 Å². The third-order valence-electron chi connectivity index (χ3n) is 3.48. The smallest absolute Gasteiger partial charge is 0.441 e. The molecule has 0 radical (unpaired) electrons. The Labute approximate surface area is 157 Å². The Hall–Kier alpha value is -2.46. The van der Waals surface area contributed by atoms with Crippen molar-refractivity contribution in [1.82, 2.24) is 5.32 Å². The summed E-state index contributed by atoms with van der Waals surface area (Å²) in [5.74, 6) is -3.52. The van der Waals surface area contributed by atoms with Crippen molar-refractivity contribution in [2.24, 2.45) is 5.92 Å². The number of esters is 1. The second-order valence-electron chi connectivity index (χ2n) is 6.28. The molecule has 0 saturated carbocycles. The zero-order chi connectivity index (χ0) is 21.8. The fraction of sp³-hybridized carbons (Fsp3) is 0.529. The number of para-hydroxylation sites is 1. The first-order chi connectivity index (χ1) is 12.7. The Morgan fingerprint density at radius 3 is 2.11 bits per heavy atom. The van der Waals surface area contributed by atoms with Crippen LogP contribution in [0.4, 0.5) is 32.0 Å². The monoisotopic (exact) mass is 414 g/mol. The lowest BCUT2D eigenvalue weighted by Gasteiger charge is -2.36. The van der Waals surface area contributed by atoms with Crippen molar-refractivity contribution in [3.63, 3.8) is 0 Å². The molecule has 0 heterocycles. The van der Waals surface area contributed by atoms with Crippen LogP contribution in [-0.2, 0) is 20.5 Å². The molecule has 5 nitrogen and oxygen atoms in total. The number of anilines is 1. The van der Waals surface area contributed by atoms with Crippen molar-refractivity contribution in [3.05, 3.63) is 29.8 Å². The predicted molar refractivity (Wildman–Crippen MR) is 88.1 cm³/mol. The van der Waals surface area contributed by atoms with Gasteiger partial charge in [0.1, 0.15) is 0 Å². The molecular formula is C17H20F6N2O3. The fourth-order valence-electron chi connectivity index (χ4n) is 2.30. The molecule has 0 unspecified atom stereocenters. The molecule has 1 amide bonds. The molecule has 1 aromatic carbocycles. The Balaban J connectivity index is 3.54. The van der Waals surface area contributed by atoms with E-state index in [4.69, 9.17) is 0 Å². The molecule has 0 bridgehead atoms. The van der Waals surface area contributed by atoms with Gasteiger partial charge in [-0.1, -0.05) is 26.0 Å². The second-order valence-corrected chi connectivity index (χ2v) is 6.28. The van der Waals surface area contributed by atoms with E-state index in [1.165, 1.54) is 12.2 Å². The molecule has 0 fully saturated rings. The maximum absolute atomic E-state index is 13.9. The molecule has 1 aromatic rings. The number of ether oxygens (including phenoxy) is 1. The molecule has 1 rings (SSSR count). The van der Waals surface area contributed by atoms with Crippen LogP contribution in [0.2, 0.25) is 0 Å². The first kappa shape index (κ1) is 23.6. The normalized spacial score (nSPS) is 14.4. The van der Waals surface area contributed by atoms with Gasteiger partial charge < -0.3 is 15.4 Å². The quantitative estimate of drug-likeness (QED) is 0.401. The lowest BCUT2D eigenvalue weighted by atomic mass is 10.0. The highest BCUT2D eigenvalue weighted by atomic mass is 19.4. The van der Waals surface area contributed by atoms with Gasteiger partial charge in [0.05, 0.1) is 12.2 Å². The van der Waals surface area contributed by atoms with E-state index in [0.29, 0.717) is 6.07 Å². The van der Waals surface area contributed by atoms with Gasteiger partial charge in [-0.05, 0) is 25.0 Å². The third kappa shape index (κ3) is 5.52. The molecular weight excluding hydrogens is 394 g/mol. The molecule has 0 aliphatic carbocycles. The van der Waals surface area contributed by atoms with Gasteiger partial charge in [-0.25, -0.2) is 4.79 Å². The van der Waals surface area contributed by atoms with Crippen molar-refractivity contribution in [1.29, 1.82) is 0 Å². The lowest BCUT2D eigenvalue weighted by Crippen LogP contribution is -2.69. The summed E-state index contributed by atoms with van der Waals surface area (Å²) in [7, 11) is 0. The minimum absolute atomic E-state index is 0.365. The zero-order valence-corrected chi connectivity index (χ0v) is 15.3. The number of halogens is 6. The summed E-state index contributed by atoms with van der Waals surface area (Å²) in [6.45, 7) is 3.83. The Kier molecular flexibility index (Phi) is 7.32. The van der Waals surface area contributed by atoms with Gasteiger partial charge in [-0.2, -0.15) is 26.3 Å². The van der Waals surface area contributed by atoms with Gasteiger partial charge in [0.2, 0.25) is 5.91 Å². The van der Waals surface area contributed by atoms with Gasteiger partial charge in [0.25, 0.3) is 0 Å². The largest absolute Gasteiger partial charge is 0.463 e. The van der Waals surface area contributed by atoms with E-state index in [2.05, 4.69) is 4.74 Å². The topological polar surface area (TPSA) is 67.4 Å². The summed E-state index contributed by atoms with van der Waals surface area (Å²) in [4.78, 5) is 24.2. The number of rotatable bonds is 7. The molecule has 158 valence electrons. The number of amides is 1.